The van der Waals surface area contributed by atoms with Crippen LogP contribution < -0.4 is 0 Å². The third-order valence-corrected chi connectivity index (χ3v) is 4.37. The quantitative estimate of drug-likeness (QED) is 0.793. The lowest BCUT2D eigenvalue weighted by Gasteiger charge is -2.14. The van der Waals surface area contributed by atoms with Gasteiger partial charge in [-0.2, -0.15) is 0 Å². The number of benzene rings is 2. The summed E-state index contributed by atoms with van der Waals surface area (Å²) in [5.41, 5.74) is 3.47. The van der Waals surface area contributed by atoms with Gasteiger partial charge in [0.1, 0.15) is 0 Å². The number of hydrogen-bond acceptors (Lipinski definition) is 1. The van der Waals surface area contributed by atoms with E-state index in [2.05, 4.69) is 41.9 Å². The number of rotatable bonds is 5. The highest BCUT2D eigenvalue weighted by Gasteiger charge is 2.10. The zero-order valence-electron chi connectivity index (χ0n) is 12.0. The molecule has 2 atom stereocenters. The maximum absolute atomic E-state index is 10.3. The Morgan fingerprint density at radius 3 is 2.05 bits per heavy atom. The molecule has 0 saturated heterocycles. The van der Waals surface area contributed by atoms with Crippen LogP contribution in [0.2, 0.25) is 0 Å². The minimum absolute atomic E-state index is 0.442. The number of aliphatic hydroxyl groups excluding tert-OH is 1. The SMILES string of the molecule is CCC(C)c1ccc(C(O)Cc2ccc(Br)cc2)cc1. The van der Waals surface area contributed by atoms with Crippen molar-refractivity contribution in [1.82, 2.24) is 0 Å². The van der Waals surface area contributed by atoms with Gasteiger partial charge in [-0.05, 0) is 41.2 Å². The van der Waals surface area contributed by atoms with E-state index in [1.807, 2.05) is 36.4 Å². The van der Waals surface area contributed by atoms with E-state index in [0.29, 0.717) is 12.3 Å². The van der Waals surface area contributed by atoms with Crippen LogP contribution in [-0.2, 0) is 6.42 Å². The molecule has 0 aliphatic heterocycles. The Morgan fingerprint density at radius 2 is 1.50 bits per heavy atom. The molecule has 2 rings (SSSR count). The zero-order chi connectivity index (χ0) is 14.5. The Balaban J connectivity index is 2.05. The summed E-state index contributed by atoms with van der Waals surface area (Å²) in [6.45, 7) is 4.42. The molecular formula is C18H21BrO. The molecule has 0 aliphatic rings. The van der Waals surface area contributed by atoms with Crippen molar-refractivity contribution < 1.29 is 5.11 Å². The Morgan fingerprint density at radius 1 is 0.950 bits per heavy atom. The van der Waals surface area contributed by atoms with Gasteiger partial charge in [0, 0.05) is 10.9 Å². The summed E-state index contributed by atoms with van der Waals surface area (Å²) in [6, 6.07) is 16.5. The molecule has 0 bridgehead atoms. The predicted molar refractivity (Wildman–Crippen MR) is 88.0 cm³/mol. The van der Waals surface area contributed by atoms with Gasteiger partial charge < -0.3 is 5.11 Å². The van der Waals surface area contributed by atoms with Gasteiger partial charge in [0.2, 0.25) is 0 Å². The molecule has 0 spiro atoms. The molecule has 0 radical (unpaired) electrons. The van der Waals surface area contributed by atoms with Gasteiger partial charge in [0.15, 0.2) is 0 Å². The largest absolute Gasteiger partial charge is 0.388 e. The predicted octanol–water partition coefficient (Wildman–Crippen LogP) is 5.24. The van der Waals surface area contributed by atoms with E-state index in [4.69, 9.17) is 0 Å². The first-order valence-corrected chi connectivity index (χ1v) is 7.91. The van der Waals surface area contributed by atoms with Crippen molar-refractivity contribution in [2.45, 2.75) is 38.7 Å². The van der Waals surface area contributed by atoms with Crippen LogP contribution in [0.1, 0.15) is 49.0 Å². The van der Waals surface area contributed by atoms with Crippen molar-refractivity contribution >= 4 is 15.9 Å². The normalized spacial score (nSPS) is 14.0. The fourth-order valence-corrected chi connectivity index (χ4v) is 2.51. The minimum atomic E-state index is -0.442. The van der Waals surface area contributed by atoms with Gasteiger partial charge in [-0.15, -0.1) is 0 Å². The topological polar surface area (TPSA) is 20.2 Å². The van der Waals surface area contributed by atoms with Crippen LogP contribution in [0.25, 0.3) is 0 Å². The maximum atomic E-state index is 10.3. The van der Waals surface area contributed by atoms with Gasteiger partial charge in [-0.1, -0.05) is 66.2 Å². The van der Waals surface area contributed by atoms with Crippen LogP contribution in [0.15, 0.2) is 53.0 Å². The molecule has 1 N–H and O–H groups in total. The van der Waals surface area contributed by atoms with E-state index in [-0.39, 0.29) is 0 Å². The van der Waals surface area contributed by atoms with Crippen LogP contribution in [0.5, 0.6) is 0 Å². The summed E-state index contributed by atoms with van der Waals surface area (Å²) in [5, 5.41) is 10.3. The first-order chi connectivity index (χ1) is 9.60. The molecule has 2 aromatic rings. The number of hydrogen-bond donors (Lipinski definition) is 1. The summed E-state index contributed by atoms with van der Waals surface area (Å²) < 4.78 is 1.06. The molecule has 2 aromatic carbocycles. The van der Waals surface area contributed by atoms with Crippen LogP contribution in [0.3, 0.4) is 0 Å². The lowest BCUT2D eigenvalue weighted by molar-refractivity contribution is 0.178. The van der Waals surface area contributed by atoms with Crippen LogP contribution >= 0.6 is 15.9 Å². The lowest BCUT2D eigenvalue weighted by Crippen LogP contribution is -2.02. The van der Waals surface area contributed by atoms with Crippen LogP contribution in [0.4, 0.5) is 0 Å². The highest BCUT2D eigenvalue weighted by atomic mass is 79.9. The molecule has 0 amide bonds. The maximum Gasteiger partial charge on any atom is 0.0830 e. The Bertz CT molecular complexity index is 530. The second-order valence-electron chi connectivity index (χ2n) is 5.32. The Hall–Kier alpha value is -1.12. The fourth-order valence-electron chi connectivity index (χ4n) is 2.24. The Kier molecular flexibility index (Phi) is 5.38. The summed E-state index contributed by atoms with van der Waals surface area (Å²) in [6.07, 6.45) is 1.35. The molecule has 0 aromatic heterocycles. The second kappa shape index (κ2) is 7.05. The van der Waals surface area contributed by atoms with E-state index < -0.39 is 6.10 Å². The molecule has 106 valence electrons. The smallest absolute Gasteiger partial charge is 0.0830 e. The molecule has 0 fully saturated rings. The van der Waals surface area contributed by atoms with E-state index in [1.54, 1.807) is 0 Å². The molecule has 0 heterocycles. The molecule has 0 aliphatic carbocycles. The first-order valence-electron chi connectivity index (χ1n) is 7.12. The Labute approximate surface area is 129 Å². The van der Waals surface area contributed by atoms with Crippen molar-refractivity contribution in [3.8, 4) is 0 Å². The van der Waals surface area contributed by atoms with Gasteiger partial charge in [-0.25, -0.2) is 0 Å². The fraction of sp³-hybridized carbons (Fsp3) is 0.333. The summed E-state index contributed by atoms with van der Waals surface area (Å²) in [7, 11) is 0. The molecular weight excluding hydrogens is 312 g/mol. The van der Waals surface area contributed by atoms with Gasteiger partial charge in [0.25, 0.3) is 0 Å². The highest BCUT2D eigenvalue weighted by molar-refractivity contribution is 9.10. The van der Waals surface area contributed by atoms with E-state index >= 15 is 0 Å². The summed E-state index contributed by atoms with van der Waals surface area (Å²) in [5.74, 6) is 0.577. The third kappa shape index (κ3) is 3.94. The molecule has 2 unspecified atom stereocenters. The first kappa shape index (κ1) is 15.3. The molecule has 0 saturated carbocycles. The average molecular weight is 333 g/mol. The van der Waals surface area contributed by atoms with Gasteiger partial charge >= 0.3 is 0 Å². The molecule has 1 nitrogen and oxygen atoms in total. The standard InChI is InChI=1S/C18H21BrO/c1-3-13(2)15-6-8-16(9-7-15)18(20)12-14-4-10-17(19)11-5-14/h4-11,13,18,20H,3,12H2,1-2H3. The van der Waals surface area contributed by atoms with Gasteiger partial charge in [0.05, 0.1) is 6.10 Å². The highest BCUT2D eigenvalue weighted by Crippen LogP contribution is 2.23. The van der Waals surface area contributed by atoms with Gasteiger partial charge in [-0.3, -0.25) is 0 Å². The van der Waals surface area contributed by atoms with Crippen molar-refractivity contribution in [2.24, 2.45) is 0 Å². The van der Waals surface area contributed by atoms with Crippen molar-refractivity contribution in [1.29, 1.82) is 0 Å². The van der Waals surface area contributed by atoms with Crippen molar-refractivity contribution in [3.63, 3.8) is 0 Å². The minimum Gasteiger partial charge on any atom is -0.388 e. The molecule has 20 heavy (non-hydrogen) atoms. The number of aliphatic hydroxyl groups is 1. The monoisotopic (exact) mass is 332 g/mol. The van der Waals surface area contributed by atoms with Crippen molar-refractivity contribution in [3.05, 3.63) is 69.7 Å². The van der Waals surface area contributed by atoms with E-state index in [0.717, 1.165) is 22.0 Å². The van der Waals surface area contributed by atoms with Crippen molar-refractivity contribution in [2.75, 3.05) is 0 Å². The zero-order valence-corrected chi connectivity index (χ0v) is 13.6. The third-order valence-electron chi connectivity index (χ3n) is 3.84. The van der Waals surface area contributed by atoms with E-state index in [1.165, 1.54) is 5.56 Å². The number of halogens is 1. The van der Waals surface area contributed by atoms with E-state index in [9.17, 15) is 5.11 Å². The second-order valence-corrected chi connectivity index (χ2v) is 6.24. The van der Waals surface area contributed by atoms with Crippen LogP contribution in [-0.4, -0.2) is 5.11 Å². The average Bonchev–Trinajstić information content (AvgIpc) is 2.49. The summed E-state index contributed by atoms with van der Waals surface area (Å²) in [4.78, 5) is 0. The van der Waals surface area contributed by atoms with Crippen LogP contribution in [0, 0.1) is 0 Å². The lowest BCUT2D eigenvalue weighted by atomic mass is 9.95. The summed E-state index contributed by atoms with van der Waals surface area (Å²) >= 11 is 3.42. The molecule has 2 heteroatoms.